The van der Waals surface area contributed by atoms with Gasteiger partial charge in [0.1, 0.15) is 17.7 Å². The summed E-state index contributed by atoms with van der Waals surface area (Å²) in [4.78, 5) is 22.5. The van der Waals surface area contributed by atoms with Gasteiger partial charge in [0.2, 0.25) is 5.91 Å². The summed E-state index contributed by atoms with van der Waals surface area (Å²) in [5, 5.41) is 11.5. The van der Waals surface area contributed by atoms with Gasteiger partial charge in [-0.1, -0.05) is 13.0 Å². The number of ether oxygens (including phenoxy) is 1. The van der Waals surface area contributed by atoms with Crippen molar-refractivity contribution >= 4 is 11.9 Å². The molecule has 1 saturated carbocycles. The lowest BCUT2D eigenvalue weighted by molar-refractivity contribution is -0.140. The van der Waals surface area contributed by atoms with Crippen molar-refractivity contribution in [1.82, 2.24) is 5.32 Å². The van der Waals surface area contributed by atoms with E-state index in [0.29, 0.717) is 18.6 Å². The van der Waals surface area contributed by atoms with E-state index in [0.717, 1.165) is 0 Å². The Morgan fingerprint density at radius 3 is 2.81 bits per heavy atom. The van der Waals surface area contributed by atoms with Crippen LogP contribution in [0.25, 0.3) is 0 Å². The Hall–Kier alpha value is -2.11. The number of carboxylic acids is 1. The Labute approximate surface area is 122 Å². The van der Waals surface area contributed by atoms with Gasteiger partial charge in [0.05, 0.1) is 18.4 Å². The van der Waals surface area contributed by atoms with Crippen LogP contribution in [-0.2, 0) is 9.59 Å². The molecule has 2 rings (SSSR count). The van der Waals surface area contributed by atoms with E-state index < -0.39 is 17.8 Å². The molecule has 3 atom stereocenters. The van der Waals surface area contributed by atoms with Gasteiger partial charge < -0.3 is 15.2 Å². The Morgan fingerprint density at radius 1 is 1.48 bits per heavy atom. The summed E-state index contributed by atoms with van der Waals surface area (Å²) in [5.41, 5.74) is 0. The lowest BCUT2D eigenvalue weighted by Gasteiger charge is -2.18. The third-order valence-electron chi connectivity index (χ3n) is 3.50. The van der Waals surface area contributed by atoms with Crippen molar-refractivity contribution in [1.29, 1.82) is 0 Å². The maximum Gasteiger partial charge on any atom is 0.307 e. The summed E-state index contributed by atoms with van der Waals surface area (Å²) in [6, 6.07) is 5.81. The molecule has 0 aromatic heterocycles. The molecular formula is C15H18FNO4. The number of rotatable bonds is 7. The average Bonchev–Trinajstić information content (AvgIpc) is 3.23. The molecule has 114 valence electrons. The fraction of sp³-hybridized carbons (Fsp3) is 0.467. The van der Waals surface area contributed by atoms with Crippen molar-refractivity contribution in [3.05, 3.63) is 30.1 Å². The third-order valence-corrected chi connectivity index (χ3v) is 3.50. The van der Waals surface area contributed by atoms with E-state index in [1.54, 1.807) is 12.1 Å². The number of hydrogen-bond donors (Lipinski definition) is 2. The van der Waals surface area contributed by atoms with E-state index in [-0.39, 0.29) is 24.4 Å². The van der Waals surface area contributed by atoms with Crippen LogP contribution in [0.1, 0.15) is 19.8 Å². The summed E-state index contributed by atoms with van der Waals surface area (Å²) in [6.45, 7) is 2.17. The molecule has 6 heteroatoms. The summed E-state index contributed by atoms with van der Waals surface area (Å²) >= 11 is 0. The van der Waals surface area contributed by atoms with Gasteiger partial charge in [0.15, 0.2) is 0 Å². The number of hydrogen-bond acceptors (Lipinski definition) is 3. The Bertz CT molecular complexity index is 534. The standard InChI is InChI=1S/C15H18FNO4/c1-2-10(21-11-5-3-4-9(16)6-11)8-17-14(18)12-7-13(12)15(19)20/h3-6,10,12-13H,2,7-8H2,1H3,(H,17,18)(H,19,20). The van der Waals surface area contributed by atoms with Crippen LogP contribution >= 0.6 is 0 Å². The Morgan fingerprint density at radius 2 is 2.24 bits per heavy atom. The molecule has 0 heterocycles. The lowest BCUT2D eigenvalue weighted by atomic mass is 10.2. The van der Waals surface area contributed by atoms with Gasteiger partial charge in [-0.05, 0) is 25.0 Å². The Balaban J connectivity index is 1.80. The van der Waals surface area contributed by atoms with Crippen molar-refractivity contribution in [2.24, 2.45) is 11.8 Å². The predicted molar refractivity (Wildman–Crippen MR) is 73.3 cm³/mol. The van der Waals surface area contributed by atoms with E-state index in [2.05, 4.69) is 5.32 Å². The van der Waals surface area contributed by atoms with Crippen LogP contribution in [0.5, 0.6) is 5.75 Å². The van der Waals surface area contributed by atoms with Gasteiger partial charge in [0, 0.05) is 6.07 Å². The summed E-state index contributed by atoms with van der Waals surface area (Å²) in [5.74, 6) is -2.16. The minimum atomic E-state index is -0.932. The first-order valence-corrected chi connectivity index (χ1v) is 6.94. The first kappa shape index (κ1) is 15.3. The van der Waals surface area contributed by atoms with Gasteiger partial charge >= 0.3 is 5.97 Å². The SMILES string of the molecule is CCC(CNC(=O)C1CC1C(=O)O)Oc1cccc(F)c1. The fourth-order valence-electron chi connectivity index (χ4n) is 2.11. The molecule has 1 aromatic rings. The highest BCUT2D eigenvalue weighted by atomic mass is 19.1. The normalized spacial score (nSPS) is 21.4. The van der Waals surface area contributed by atoms with Crippen LogP contribution in [0.2, 0.25) is 0 Å². The predicted octanol–water partition coefficient (Wildman–Crippen LogP) is 1.82. The largest absolute Gasteiger partial charge is 0.489 e. The van der Waals surface area contributed by atoms with Crippen molar-refractivity contribution < 1.29 is 23.8 Å². The van der Waals surface area contributed by atoms with Crippen LogP contribution < -0.4 is 10.1 Å². The molecule has 0 spiro atoms. The number of carbonyl (C=O) groups is 2. The van der Waals surface area contributed by atoms with E-state index in [4.69, 9.17) is 9.84 Å². The molecule has 0 saturated heterocycles. The first-order valence-electron chi connectivity index (χ1n) is 6.94. The molecule has 0 aliphatic heterocycles. The monoisotopic (exact) mass is 295 g/mol. The van der Waals surface area contributed by atoms with Gasteiger partial charge in [-0.25, -0.2) is 4.39 Å². The average molecular weight is 295 g/mol. The molecule has 1 fully saturated rings. The van der Waals surface area contributed by atoms with Crippen LogP contribution in [0.4, 0.5) is 4.39 Å². The van der Waals surface area contributed by atoms with Crippen LogP contribution in [0, 0.1) is 17.7 Å². The fourth-order valence-corrected chi connectivity index (χ4v) is 2.11. The highest BCUT2D eigenvalue weighted by Gasteiger charge is 2.48. The molecule has 5 nitrogen and oxygen atoms in total. The molecule has 1 aliphatic rings. The molecule has 21 heavy (non-hydrogen) atoms. The second kappa shape index (κ2) is 6.56. The molecule has 0 bridgehead atoms. The summed E-state index contributed by atoms with van der Waals surface area (Å²) in [6.07, 6.45) is 0.754. The van der Waals surface area contributed by atoms with Gasteiger partial charge in [-0.2, -0.15) is 0 Å². The molecule has 0 radical (unpaired) electrons. The molecule has 1 aliphatic carbocycles. The second-order valence-electron chi connectivity index (χ2n) is 5.14. The summed E-state index contributed by atoms with van der Waals surface area (Å²) < 4.78 is 18.7. The molecule has 1 amide bonds. The molecule has 1 aromatic carbocycles. The zero-order valence-corrected chi connectivity index (χ0v) is 11.7. The number of carbonyl (C=O) groups excluding carboxylic acids is 1. The zero-order chi connectivity index (χ0) is 15.4. The minimum absolute atomic E-state index is 0.260. The van der Waals surface area contributed by atoms with Crippen molar-refractivity contribution in [2.75, 3.05) is 6.54 Å². The van der Waals surface area contributed by atoms with Crippen LogP contribution in [0.3, 0.4) is 0 Å². The van der Waals surface area contributed by atoms with Crippen LogP contribution in [-0.4, -0.2) is 29.6 Å². The molecule has 2 N–H and O–H groups in total. The molecular weight excluding hydrogens is 277 g/mol. The first-order chi connectivity index (χ1) is 10.0. The van der Waals surface area contributed by atoms with Crippen LogP contribution in [0.15, 0.2) is 24.3 Å². The lowest BCUT2D eigenvalue weighted by Crippen LogP contribution is -2.36. The number of benzene rings is 1. The number of carboxylic acid groups (broad SMARTS) is 1. The van der Waals surface area contributed by atoms with Crippen molar-refractivity contribution in [3.63, 3.8) is 0 Å². The second-order valence-corrected chi connectivity index (χ2v) is 5.14. The van der Waals surface area contributed by atoms with E-state index >= 15 is 0 Å². The topological polar surface area (TPSA) is 75.6 Å². The number of halogens is 1. The van der Waals surface area contributed by atoms with Gasteiger partial charge in [-0.15, -0.1) is 0 Å². The summed E-state index contributed by atoms with van der Waals surface area (Å²) in [7, 11) is 0. The maximum absolute atomic E-state index is 13.1. The van der Waals surface area contributed by atoms with E-state index in [1.165, 1.54) is 12.1 Å². The zero-order valence-electron chi connectivity index (χ0n) is 11.7. The minimum Gasteiger partial charge on any atom is -0.489 e. The highest BCUT2D eigenvalue weighted by molar-refractivity contribution is 5.89. The number of nitrogens with one attached hydrogen (secondary N) is 1. The quantitative estimate of drug-likeness (QED) is 0.804. The van der Waals surface area contributed by atoms with E-state index in [1.807, 2.05) is 6.92 Å². The van der Waals surface area contributed by atoms with Gasteiger partial charge in [-0.3, -0.25) is 9.59 Å². The third kappa shape index (κ3) is 4.18. The van der Waals surface area contributed by atoms with E-state index in [9.17, 15) is 14.0 Å². The number of aliphatic carboxylic acids is 1. The van der Waals surface area contributed by atoms with Crippen molar-refractivity contribution in [2.45, 2.75) is 25.9 Å². The van der Waals surface area contributed by atoms with Gasteiger partial charge in [0.25, 0.3) is 0 Å². The number of amides is 1. The smallest absolute Gasteiger partial charge is 0.307 e. The highest BCUT2D eigenvalue weighted by Crippen LogP contribution is 2.38. The van der Waals surface area contributed by atoms with Crippen molar-refractivity contribution in [3.8, 4) is 5.75 Å². The maximum atomic E-state index is 13.1. The molecule has 3 unspecified atom stereocenters. The Kier molecular flexibility index (Phi) is 4.77.